The highest BCUT2D eigenvalue weighted by Gasteiger charge is 2.13. The van der Waals surface area contributed by atoms with Crippen molar-refractivity contribution in [2.75, 3.05) is 18.2 Å². The number of hydrogen-bond donors (Lipinski definition) is 2. The predicted molar refractivity (Wildman–Crippen MR) is 79.6 cm³/mol. The Balaban J connectivity index is 2.40. The van der Waals surface area contributed by atoms with Crippen LogP contribution in [0.5, 0.6) is 0 Å². The lowest BCUT2D eigenvalue weighted by Gasteiger charge is -2.13. The fourth-order valence-electron chi connectivity index (χ4n) is 1.69. The maximum Gasteiger partial charge on any atom is 0.340 e. The molecule has 0 saturated heterocycles. The van der Waals surface area contributed by atoms with E-state index in [0.29, 0.717) is 27.1 Å². The molecule has 0 unspecified atom stereocenters. The fourth-order valence-corrected chi connectivity index (χ4v) is 2.14. The standard InChI is InChI=1S/C14H12BrFN2O2/c1-20-14(19)10-7-9(17)3-5-12(10)18-13-4-2-8(16)6-11(13)15/h2-7,18H,17H2,1H3. The van der Waals surface area contributed by atoms with Crippen molar-refractivity contribution < 1.29 is 13.9 Å². The number of halogens is 2. The van der Waals surface area contributed by atoms with Crippen molar-refractivity contribution in [3.05, 3.63) is 52.3 Å². The molecule has 0 bridgehead atoms. The highest BCUT2D eigenvalue weighted by Crippen LogP contribution is 2.29. The van der Waals surface area contributed by atoms with Gasteiger partial charge in [-0.15, -0.1) is 0 Å². The zero-order valence-corrected chi connectivity index (χ0v) is 12.2. The van der Waals surface area contributed by atoms with Gasteiger partial charge >= 0.3 is 5.97 Å². The first-order valence-electron chi connectivity index (χ1n) is 5.71. The molecule has 2 rings (SSSR count). The molecule has 4 nitrogen and oxygen atoms in total. The molecule has 20 heavy (non-hydrogen) atoms. The molecule has 2 aromatic rings. The average Bonchev–Trinajstić information content (AvgIpc) is 2.42. The van der Waals surface area contributed by atoms with Crippen molar-refractivity contribution in [3.63, 3.8) is 0 Å². The number of esters is 1. The molecule has 3 N–H and O–H groups in total. The number of rotatable bonds is 3. The summed E-state index contributed by atoms with van der Waals surface area (Å²) in [6, 6.07) is 9.06. The van der Waals surface area contributed by atoms with Crippen molar-refractivity contribution in [2.24, 2.45) is 0 Å². The van der Waals surface area contributed by atoms with Crippen molar-refractivity contribution in [2.45, 2.75) is 0 Å². The second kappa shape index (κ2) is 5.92. The van der Waals surface area contributed by atoms with Crippen LogP contribution in [0.1, 0.15) is 10.4 Å². The summed E-state index contributed by atoms with van der Waals surface area (Å²) in [7, 11) is 1.29. The molecule has 0 fully saturated rings. The van der Waals surface area contributed by atoms with Crippen LogP contribution in [0.2, 0.25) is 0 Å². The molecule has 0 aromatic heterocycles. The number of hydrogen-bond acceptors (Lipinski definition) is 4. The molecule has 2 aromatic carbocycles. The maximum atomic E-state index is 13.1. The summed E-state index contributed by atoms with van der Waals surface area (Å²) in [5.41, 5.74) is 7.58. The molecule has 0 heterocycles. The van der Waals surface area contributed by atoms with Gasteiger partial charge in [-0.05, 0) is 52.3 Å². The van der Waals surface area contributed by atoms with E-state index < -0.39 is 5.97 Å². The third-order valence-electron chi connectivity index (χ3n) is 2.65. The zero-order valence-electron chi connectivity index (χ0n) is 10.6. The van der Waals surface area contributed by atoms with Gasteiger partial charge in [-0.2, -0.15) is 0 Å². The molecular weight excluding hydrogens is 327 g/mol. The largest absolute Gasteiger partial charge is 0.465 e. The Morgan fingerprint density at radius 3 is 2.60 bits per heavy atom. The van der Waals surface area contributed by atoms with Gasteiger partial charge < -0.3 is 15.8 Å². The third-order valence-corrected chi connectivity index (χ3v) is 3.31. The summed E-state index contributed by atoms with van der Waals surface area (Å²) >= 11 is 3.25. The van der Waals surface area contributed by atoms with Gasteiger partial charge in [0.25, 0.3) is 0 Å². The number of carbonyl (C=O) groups is 1. The summed E-state index contributed by atoms with van der Waals surface area (Å²) in [4.78, 5) is 11.7. The van der Waals surface area contributed by atoms with Crippen molar-refractivity contribution in [1.29, 1.82) is 0 Å². The number of nitrogen functional groups attached to an aromatic ring is 1. The monoisotopic (exact) mass is 338 g/mol. The van der Waals surface area contributed by atoms with Crippen LogP contribution in [0.25, 0.3) is 0 Å². The molecule has 0 spiro atoms. The van der Waals surface area contributed by atoms with Gasteiger partial charge in [0.1, 0.15) is 5.82 Å². The molecule has 0 atom stereocenters. The predicted octanol–water partition coefficient (Wildman–Crippen LogP) is 3.70. The van der Waals surface area contributed by atoms with E-state index in [1.54, 1.807) is 18.2 Å². The highest BCUT2D eigenvalue weighted by molar-refractivity contribution is 9.10. The van der Waals surface area contributed by atoms with E-state index in [1.165, 1.54) is 25.3 Å². The van der Waals surface area contributed by atoms with Gasteiger partial charge in [-0.3, -0.25) is 0 Å². The molecule has 104 valence electrons. The van der Waals surface area contributed by atoms with Crippen LogP contribution in [0, 0.1) is 5.82 Å². The lowest BCUT2D eigenvalue weighted by atomic mass is 10.1. The van der Waals surface area contributed by atoms with E-state index in [1.807, 2.05) is 0 Å². The van der Waals surface area contributed by atoms with Crippen molar-refractivity contribution in [3.8, 4) is 0 Å². The van der Waals surface area contributed by atoms with Crippen LogP contribution in [0.3, 0.4) is 0 Å². The van der Waals surface area contributed by atoms with Gasteiger partial charge in [-0.1, -0.05) is 0 Å². The number of methoxy groups -OCH3 is 1. The second-order valence-electron chi connectivity index (χ2n) is 4.05. The molecule has 6 heteroatoms. The Hall–Kier alpha value is -2.08. The average molecular weight is 339 g/mol. The van der Waals surface area contributed by atoms with Gasteiger partial charge in [0.05, 0.1) is 24.0 Å². The van der Waals surface area contributed by atoms with E-state index in [0.717, 1.165) is 0 Å². The number of nitrogens with two attached hydrogens (primary N) is 1. The first-order valence-corrected chi connectivity index (χ1v) is 6.50. The van der Waals surface area contributed by atoms with Crippen molar-refractivity contribution in [1.82, 2.24) is 0 Å². The maximum absolute atomic E-state index is 13.1. The lowest BCUT2D eigenvalue weighted by molar-refractivity contribution is 0.0602. The van der Waals surface area contributed by atoms with E-state index in [-0.39, 0.29) is 5.82 Å². The number of benzene rings is 2. The Bertz CT molecular complexity index is 662. The number of carbonyl (C=O) groups excluding carboxylic acids is 1. The highest BCUT2D eigenvalue weighted by atomic mass is 79.9. The first kappa shape index (κ1) is 14.3. The zero-order chi connectivity index (χ0) is 14.7. The molecule has 0 aliphatic carbocycles. The smallest absolute Gasteiger partial charge is 0.340 e. The topological polar surface area (TPSA) is 64.3 Å². The van der Waals surface area contributed by atoms with E-state index in [2.05, 4.69) is 21.2 Å². The number of ether oxygens (including phenoxy) is 1. The summed E-state index contributed by atoms with van der Waals surface area (Å²) in [5, 5.41) is 3.04. The quantitative estimate of drug-likeness (QED) is 0.661. The summed E-state index contributed by atoms with van der Waals surface area (Å²) < 4.78 is 18.3. The van der Waals surface area contributed by atoms with Crippen LogP contribution in [0.4, 0.5) is 21.5 Å². The normalized spacial score (nSPS) is 10.2. The minimum atomic E-state index is -0.502. The summed E-state index contributed by atoms with van der Waals surface area (Å²) in [5.74, 6) is -0.856. The van der Waals surface area contributed by atoms with E-state index in [4.69, 9.17) is 10.5 Å². The van der Waals surface area contributed by atoms with Gasteiger partial charge in [0.2, 0.25) is 0 Å². The minimum Gasteiger partial charge on any atom is -0.465 e. The lowest BCUT2D eigenvalue weighted by Crippen LogP contribution is -2.06. The second-order valence-corrected chi connectivity index (χ2v) is 4.90. The SMILES string of the molecule is COC(=O)c1cc(N)ccc1Nc1ccc(F)cc1Br. The van der Waals surface area contributed by atoms with Gasteiger partial charge in [0, 0.05) is 10.2 Å². The number of nitrogens with one attached hydrogen (secondary N) is 1. The van der Waals surface area contributed by atoms with Crippen LogP contribution in [-0.2, 0) is 4.74 Å². The molecular formula is C14H12BrFN2O2. The molecule has 0 aliphatic heterocycles. The van der Waals surface area contributed by atoms with Crippen LogP contribution in [-0.4, -0.2) is 13.1 Å². The van der Waals surface area contributed by atoms with Crippen LogP contribution < -0.4 is 11.1 Å². The minimum absolute atomic E-state index is 0.309. The Morgan fingerprint density at radius 2 is 1.95 bits per heavy atom. The van der Waals surface area contributed by atoms with E-state index in [9.17, 15) is 9.18 Å². The summed E-state index contributed by atoms with van der Waals surface area (Å²) in [6.45, 7) is 0. The first-order chi connectivity index (χ1) is 9.51. The Labute approximate surface area is 123 Å². The third kappa shape index (κ3) is 3.08. The molecule has 0 radical (unpaired) electrons. The Morgan fingerprint density at radius 1 is 1.25 bits per heavy atom. The van der Waals surface area contributed by atoms with Crippen molar-refractivity contribution >= 4 is 39.0 Å². The molecule has 0 amide bonds. The van der Waals surface area contributed by atoms with Crippen LogP contribution >= 0.6 is 15.9 Å². The van der Waals surface area contributed by atoms with Gasteiger partial charge in [0.15, 0.2) is 0 Å². The number of anilines is 3. The summed E-state index contributed by atoms with van der Waals surface area (Å²) in [6.07, 6.45) is 0. The molecule has 0 aliphatic rings. The molecule has 0 saturated carbocycles. The van der Waals surface area contributed by atoms with E-state index >= 15 is 0 Å². The van der Waals surface area contributed by atoms with Crippen LogP contribution in [0.15, 0.2) is 40.9 Å². The Kier molecular flexibility index (Phi) is 4.24. The fraction of sp³-hybridized carbons (Fsp3) is 0.0714. The van der Waals surface area contributed by atoms with Gasteiger partial charge in [-0.25, -0.2) is 9.18 Å².